The number of hydrogen-bond donors (Lipinski definition) is 1. The average Bonchev–Trinajstić information content (AvgIpc) is 3.29. The van der Waals surface area contributed by atoms with Crippen molar-refractivity contribution >= 4 is 22.8 Å². The summed E-state index contributed by atoms with van der Waals surface area (Å²) >= 11 is 0. The third-order valence-electron chi connectivity index (χ3n) is 6.21. The number of ether oxygens (including phenoxy) is 1. The number of nitrogens with zero attached hydrogens (tertiary/aromatic N) is 5. The van der Waals surface area contributed by atoms with Crippen molar-refractivity contribution in [2.24, 2.45) is 0 Å². The van der Waals surface area contributed by atoms with Crippen LogP contribution >= 0.6 is 0 Å². The first-order valence-electron chi connectivity index (χ1n) is 12.6. The Balaban J connectivity index is 1.49. The van der Waals surface area contributed by atoms with Crippen molar-refractivity contribution in [2.45, 2.75) is 77.6 Å². The smallest absolute Gasteiger partial charge is 0.410 e. The van der Waals surface area contributed by atoms with Gasteiger partial charge in [-0.05, 0) is 72.6 Å². The molecule has 0 aromatic carbocycles. The van der Waals surface area contributed by atoms with Crippen molar-refractivity contribution in [3.63, 3.8) is 0 Å². The first-order valence-corrected chi connectivity index (χ1v) is 12.6. The molecule has 1 fully saturated rings. The maximum atomic E-state index is 15.8. The Morgan fingerprint density at radius 1 is 1.25 bits per heavy atom. The van der Waals surface area contributed by atoms with Gasteiger partial charge in [0.1, 0.15) is 17.1 Å². The number of nitrogens with one attached hydrogen (secondary N) is 1. The molecule has 0 radical (unpaired) electrons. The normalized spacial score (nSPS) is 18.9. The van der Waals surface area contributed by atoms with Gasteiger partial charge in [-0.3, -0.25) is 9.67 Å². The summed E-state index contributed by atoms with van der Waals surface area (Å²) in [4.78, 5) is 23.3. The Morgan fingerprint density at radius 3 is 2.72 bits per heavy atom. The minimum absolute atomic E-state index is 0.0331. The molecule has 3 aromatic rings. The number of piperidine rings is 1. The number of carbonyl (C=O) groups is 1. The number of amides is 1. The van der Waals surface area contributed by atoms with Crippen LogP contribution in [0.25, 0.3) is 22.2 Å². The molecule has 1 amide bonds. The number of fused-ring (bicyclic) bond motifs is 1. The van der Waals surface area contributed by atoms with Crippen molar-refractivity contribution in [3.8, 4) is 11.3 Å². The molecule has 1 aliphatic heterocycles. The maximum absolute atomic E-state index is 15.8. The van der Waals surface area contributed by atoms with E-state index in [-0.39, 0.29) is 18.5 Å². The third kappa shape index (κ3) is 6.12. The molecule has 1 atom stereocenters. The van der Waals surface area contributed by atoms with Gasteiger partial charge in [-0.25, -0.2) is 14.2 Å². The number of pyridine rings is 2. The molecule has 0 aliphatic carbocycles. The van der Waals surface area contributed by atoms with Gasteiger partial charge < -0.3 is 15.0 Å². The molecule has 8 nitrogen and oxygen atoms in total. The third-order valence-corrected chi connectivity index (χ3v) is 6.21. The van der Waals surface area contributed by atoms with E-state index < -0.39 is 17.4 Å². The lowest BCUT2D eigenvalue weighted by Crippen LogP contribution is -2.50. The molecular weight excluding hydrogens is 459 g/mol. The monoisotopic (exact) mass is 496 g/mol. The van der Waals surface area contributed by atoms with Gasteiger partial charge in [0.2, 0.25) is 0 Å². The summed E-state index contributed by atoms with van der Waals surface area (Å²) in [5.74, 6) is 0.655. The largest absolute Gasteiger partial charge is 0.444 e. The number of aromatic nitrogens is 4. The number of anilines is 1. The van der Waals surface area contributed by atoms with Crippen molar-refractivity contribution in [1.82, 2.24) is 24.6 Å². The molecule has 194 valence electrons. The molecule has 4 heterocycles. The van der Waals surface area contributed by atoms with Crippen LogP contribution in [0.2, 0.25) is 0 Å². The van der Waals surface area contributed by atoms with Gasteiger partial charge in [0.25, 0.3) is 0 Å². The highest BCUT2D eigenvalue weighted by Gasteiger charge is 2.38. The summed E-state index contributed by atoms with van der Waals surface area (Å²) in [5.41, 5.74) is 0.214. The van der Waals surface area contributed by atoms with Gasteiger partial charge in [0.05, 0.1) is 29.5 Å². The predicted octanol–water partition coefficient (Wildman–Crippen LogP) is 5.79. The first-order chi connectivity index (χ1) is 16.8. The van der Waals surface area contributed by atoms with Gasteiger partial charge in [-0.1, -0.05) is 0 Å². The van der Waals surface area contributed by atoms with Gasteiger partial charge in [-0.15, -0.1) is 0 Å². The number of alkyl halides is 1. The zero-order chi connectivity index (χ0) is 26.1. The van der Waals surface area contributed by atoms with Gasteiger partial charge >= 0.3 is 6.09 Å². The Labute approximate surface area is 212 Å². The van der Waals surface area contributed by atoms with Crippen LogP contribution in [0.15, 0.2) is 36.8 Å². The molecular formula is C27H37FN6O2. The highest BCUT2D eigenvalue weighted by atomic mass is 19.1. The molecule has 0 unspecified atom stereocenters. The number of rotatable bonds is 5. The summed E-state index contributed by atoms with van der Waals surface area (Å²) in [6.07, 6.45) is 6.34. The molecule has 9 heteroatoms. The second-order valence-electron chi connectivity index (χ2n) is 11.6. The fourth-order valence-corrected chi connectivity index (χ4v) is 4.36. The van der Waals surface area contributed by atoms with E-state index >= 15 is 4.39 Å². The second-order valence-corrected chi connectivity index (χ2v) is 11.6. The minimum atomic E-state index is -1.48. The van der Waals surface area contributed by atoms with Crippen LogP contribution in [0.5, 0.6) is 0 Å². The van der Waals surface area contributed by atoms with E-state index in [2.05, 4.69) is 36.2 Å². The van der Waals surface area contributed by atoms with Crippen LogP contribution in [0.4, 0.5) is 15.0 Å². The zero-order valence-corrected chi connectivity index (χ0v) is 22.1. The molecule has 1 saturated heterocycles. The van der Waals surface area contributed by atoms with Crippen LogP contribution in [0, 0.1) is 0 Å². The molecule has 0 bridgehead atoms. The predicted molar refractivity (Wildman–Crippen MR) is 140 cm³/mol. The van der Waals surface area contributed by atoms with Crippen LogP contribution in [0.3, 0.4) is 0 Å². The molecule has 1 aliphatic rings. The second kappa shape index (κ2) is 9.67. The van der Waals surface area contributed by atoms with Crippen molar-refractivity contribution in [3.05, 3.63) is 36.8 Å². The summed E-state index contributed by atoms with van der Waals surface area (Å²) < 4.78 is 23.1. The minimum Gasteiger partial charge on any atom is -0.444 e. The lowest BCUT2D eigenvalue weighted by molar-refractivity contribution is -0.00663. The highest BCUT2D eigenvalue weighted by Crippen LogP contribution is 2.31. The van der Waals surface area contributed by atoms with Crippen LogP contribution in [-0.4, -0.2) is 61.6 Å². The molecule has 0 saturated carbocycles. The Hall–Kier alpha value is -3.23. The van der Waals surface area contributed by atoms with Crippen molar-refractivity contribution < 1.29 is 13.9 Å². The van der Waals surface area contributed by atoms with Crippen molar-refractivity contribution in [1.29, 1.82) is 0 Å². The van der Waals surface area contributed by atoms with Gasteiger partial charge in [0.15, 0.2) is 0 Å². The summed E-state index contributed by atoms with van der Waals surface area (Å²) in [6, 6.07) is 5.76. The summed E-state index contributed by atoms with van der Waals surface area (Å²) in [5, 5.41) is 8.70. The highest BCUT2D eigenvalue weighted by molar-refractivity contribution is 5.91. The van der Waals surface area contributed by atoms with Crippen molar-refractivity contribution in [2.75, 3.05) is 25.0 Å². The average molecular weight is 497 g/mol. The maximum Gasteiger partial charge on any atom is 0.410 e. The Kier molecular flexibility index (Phi) is 6.94. The molecule has 4 rings (SSSR count). The number of hydrogen-bond acceptors (Lipinski definition) is 6. The van der Waals surface area contributed by atoms with E-state index in [1.54, 1.807) is 12.4 Å². The van der Waals surface area contributed by atoms with E-state index in [0.29, 0.717) is 31.7 Å². The summed E-state index contributed by atoms with van der Waals surface area (Å²) in [7, 11) is 0. The topological polar surface area (TPSA) is 85.2 Å². The van der Waals surface area contributed by atoms with E-state index in [0.717, 1.165) is 22.2 Å². The van der Waals surface area contributed by atoms with E-state index in [1.807, 2.05) is 49.8 Å². The van der Waals surface area contributed by atoms with Crippen LogP contribution < -0.4 is 5.32 Å². The number of carbonyl (C=O) groups excluding carboxylic acids is 1. The molecule has 3 aromatic heterocycles. The fraction of sp³-hybridized carbons (Fsp3) is 0.556. The lowest BCUT2D eigenvalue weighted by atomic mass is 9.91. The molecule has 0 spiro atoms. The zero-order valence-electron chi connectivity index (χ0n) is 22.1. The van der Waals surface area contributed by atoms with Crippen LogP contribution in [0.1, 0.15) is 60.8 Å². The SMILES string of the molecule is CC(C)(C)OC(=O)N1CCC[C@@](F)(CCNc2nc(-c3cnn(C(C)(C)C)c3)cc3ncccc23)C1. The van der Waals surface area contributed by atoms with Gasteiger partial charge in [0, 0.05) is 42.9 Å². The fourth-order valence-electron chi connectivity index (χ4n) is 4.36. The lowest BCUT2D eigenvalue weighted by Gasteiger charge is -2.38. The van der Waals surface area contributed by atoms with E-state index in [1.165, 1.54) is 4.90 Å². The Bertz CT molecular complexity index is 1230. The quantitative estimate of drug-likeness (QED) is 0.481. The standard InChI is InChI=1S/C27H37FN6O2/c1-25(2,3)34-17-19(16-31-34)21-15-22-20(9-7-12-29-22)23(32-21)30-13-11-27(28)10-8-14-33(18-27)24(35)36-26(4,5)6/h7,9,12,15-17H,8,10-11,13-14,18H2,1-6H3,(H,30,32)/t27-/m1/s1. The first kappa shape index (κ1) is 25.9. The molecule has 36 heavy (non-hydrogen) atoms. The van der Waals surface area contributed by atoms with Crippen LogP contribution in [-0.2, 0) is 10.3 Å². The van der Waals surface area contributed by atoms with E-state index in [4.69, 9.17) is 9.72 Å². The van der Waals surface area contributed by atoms with E-state index in [9.17, 15) is 4.79 Å². The number of halogens is 1. The number of likely N-dealkylation sites (tertiary alicyclic amines) is 1. The molecule has 1 N–H and O–H groups in total. The Morgan fingerprint density at radius 2 is 2.03 bits per heavy atom. The van der Waals surface area contributed by atoms with Gasteiger partial charge in [-0.2, -0.15) is 5.10 Å². The summed E-state index contributed by atoms with van der Waals surface area (Å²) in [6.45, 7) is 12.6.